The van der Waals surface area contributed by atoms with E-state index < -0.39 is 34.2 Å². The number of benzene rings is 1. The van der Waals surface area contributed by atoms with Gasteiger partial charge in [0, 0.05) is 21.3 Å². The Bertz CT molecular complexity index is 1000. The molecule has 35 heavy (non-hydrogen) atoms. The van der Waals surface area contributed by atoms with Crippen LogP contribution in [0.3, 0.4) is 0 Å². The van der Waals surface area contributed by atoms with E-state index in [0.717, 1.165) is 0 Å². The number of rotatable bonds is 7. The number of fused-ring (bicyclic) bond motifs is 1. The van der Waals surface area contributed by atoms with Crippen LogP contribution in [0.15, 0.2) is 24.3 Å². The lowest BCUT2D eigenvalue weighted by atomic mass is 9.70. The maximum atomic E-state index is 13.9. The predicted molar refractivity (Wildman–Crippen MR) is 140 cm³/mol. The summed E-state index contributed by atoms with van der Waals surface area (Å²) >= 11 is 5.33. The molecule has 0 aliphatic carbocycles. The van der Waals surface area contributed by atoms with Gasteiger partial charge in [-0.05, 0) is 65.3 Å². The first-order valence-corrected chi connectivity index (χ1v) is 13.8. The molecule has 3 aliphatic rings. The molecule has 1 aromatic rings. The quantitative estimate of drug-likeness (QED) is 0.437. The summed E-state index contributed by atoms with van der Waals surface area (Å²) in [6.45, 7) is 9.64. The molecular formula is C25H34BrN3O5S. The number of nitrogens with one attached hydrogen (secondary N) is 2. The summed E-state index contributed by atoms with van der Waals surface area (Å²) < 4.78 is 4.73. The largest absolute Gasteiger partial charge is 0.494 e. The summed E-state index contributed by atoms with van der Waals surface area (Å²) in [7, 11) is 0. The van der Waals surface area contributed by atoms with E-state index in [4.69, 9.17) is 4.74 Å². The Morgan fingerprint density at radius 3 is 2.51 bits per heavy atom. The molecule has 8 nitrogen and oxygen atoms in total. The Balaban J connectivity index is 1.67. The minimum Gasteiger partial charge on any atom is -0.494 e. The van der Waals surface area contributed by atoms with Gasteiger partial charge in [-0.1, -0.05) is 15.9 Å². The number of likely N-dealkylation sites (tertiary alicyclic amines) is 1. The lowest BCUT2D eigenvalue weighted by molar-refractivity contribution is -0.142. The van der Waals surface area contributed by atoms with Crippen LogP contribution in [0.2, 0.25) is 0 Å². The van der Waals surface area contributed by atoms with Crippen molar-refractivity contribution in [3.8, 4) is 5.75 Å². The molecular weight excluding hydrogens is 534 g/mol. The van der Waals surface area contributed by atoms with E-state index in [1.54, 1.807) is 43.0 Å². The van der Waals surface area contributed by atoms with Gasteiger partial charge in [0.15, 0.2) is 0 Å². The fraction of sp³-hybridized carbons (Fsp3) is 0.640. The number of aliphatic hydroxyl groups is 1. The molecule has 192 valence electrons. The van der Waals surface area contributed by atoms with Crippen molar-refractivity contribution in [2.24, 2.45) is 11.8 Å². The molecule has 3 unspecified atom stereocenters. The molecule has 0 aromatic heterocycles. The molecule has 3 N–H and O–H groups in total. The van der Waals surface area contributed by atoms with Crippen molar-refractivity contribution in [2.75, 3.05) is 18.5 Å². The zero-order valence-electron chi connectivity index (χ0n) is 20.7. The number of anilines is 1. The smallest absolute Gasteiger partial charge is 0.244 e. The van der Waals surface area contributed by atoms with E-state index in [2.05, 4.69) is 26.6 Å². The maximum absolute atomic E-state index is 13.9. The molecule has 3 aliphatic heterocycles. The van der Waals surface area contributed by atoms with Gasteiger partial charge in [-0.2, -0.15) is 0 Å². The summed E-state index contributed by atoms with van der Waals surface area (Å²) in [5.41, 5.74) is 0.141. The number of thioether (sulfide) groups is 1. The average Bonchev–Trinajstić information content (AvgIpc) is 3.37. The third kappa shape index (κ3) is 4.57. The highest BCUT2D eigenvalue weighted by molar-refractivity contribution is 9.09. The van der Waals surface area contributed by atoms with Gasteiger partial charge < -0.3 is 25.4 Å². The van der Waals surface area contributed by atoms with Gasteiger partial charge in [0.25, 0.3) is 0 Å². The lowest BCUT2D eigenvalue weighted by Gasteiger charge is -2.38. The summed E-state index contributed by atoms with van der Waals surface area (Å²) in [4.78, 5) is 42.6. The number of carbonyl (C=O) groups excluding carboxylic acids is 3. The molecule has 3 heterocycles. The van der Waals surface area contributed by atoms with Crippen molar-refractivity contribution in [2.45, 2.75) is 73.5 Å². The molecule has 3 fully saturated rings. The number of amides is 3. The first kappa shape index (κ1) is 26.3. The second kappa shape index (κ2) is 9.59. The monoisotopic (exact) mass is 567 g/mol. The maximum Gasteiger partial charge on any atom is 0.244 e. The van der Waals surface area contributed by atoms with E-state index in [9.17, 15) is 19.5 Å². The molecule has 1 spiro atoms. The highest BCUT2D eigenvalue weighted by atomic mass is 79.9. The topological polar surface area (TPSA) is 108 Å². The van der Waals surface area contributed by atoms with E-state index in [1.165, 1.54) is 4.90 Å². The van der Waals surface area contributed by atoms with Crippen LogP contribution >= 0.6 is 27.7 Å². The Kier molecular flexibility index (Phi) is 7.20. The molecule has 0 saturated carbocycles. The molecule has 0 radical (unpaired) electrons. The summed E-state index contributed by atoms with van der Waals surface area (Å²) in [6, 6.07) is 5.84. The first-order valence-electron chi connectivity index (χ1n) is 12.0. The Labute approximate surface area is 219 Å². The van der Waals surface area contributed by atoms with Gasteiger partial charge in [-0.15, -0.1) is 11.8 Å². The van der Waals surface area contributed by atoms with Gasteiger partial charge in [-0.25, -0.2) is 0 Å². The molecule has 1 aromatic carbocycles. The molecule has 4 rings (SSSR count). The van der Waals surface area contributed by atoms with Crippen molar-refractivity contribution >= 4 is 51.1 Å². The van der Waals surface area contributed by atoms with Crippen LogP contribution in [0.5, 0.6) is 5.75 Å². The van der Waals surface area contributed by atoms with Crippen LogP contribution in [0.1, 0.15) is 41.0 Å². The summed E-state index contributed by atoms with van der Waals surface area (Å²) in [6.07, 6.45) is 0.600. The summed E-state index contributed by atoms with van der Waals surface area (Å²) in [5, 5.41) is 15.8. The van der Waals surface area contributed by atoms with E-state index in [0.29, 0.717) is 24.5 Å². The third-order valence-corrected chi connectivity index (χ3v) is 10.2. The summed E-state index contributed by atoms with van der Waals surface area (Å²) in [5.74, 6) is -1.23. The van der Waals surface area contributed by atoms with Gasteiger partial charge in [0.2, 0.25) is 17.7 Å². The highest BCUT2D eigenvalue weighted by Crippen LogP contribution is 2.68. The standard InChI is InChI=1S/C25H34BrN3O5S/c1-6-34-15-9-7-14(8-10-15)27-21(31)17-18-23(33)29(13(2)12-30)20(22(32)28-24(3,4)5)25(18)11-16(26)19(17)35-25/h7-10,13,16-20,30H,6,11-12H2,1-5H3,(H,27,31)(H,28,32)/t13-,16?,17-,18+,19-,20?,25?/m1/s1. The van der Waals surface area contributed by atoms with E-state index in [1.807, 2.05) is 27.7 Å². The normalized spacial score (nSPS) is 32.4. The first-order chi connectivity index (χ1) is 16.4. The van der Waals surface area contributed by atoms with Crippen LogP contribution < -0.4 is 15.4 Å². The third-order valence-electron chi connectivity index (χ3n) is 6.95. The molecule has 10 heteroatoms. The van der Waals surface area contributed by atoms with Crippen molar-refractivity contribution in [1.29, 1.82) is 0 Å². The Hall–Kier alpha value is -1.78. The Morgan fingerprint density at radius 2 is 1.94 bits per heavy atom. The molecule has 3 amide bonds. The average molecular weight is 569 g/mol. The van der Waals surface area contributed by atoms with Gasteiger partial charge >= 0.3 is 0 Å². The number of nitrogens with zero attached hydrogens (tertiary/aromatic N) is 1. The number of aliphatic hydroxyl groups excluding tert-OH is 1. The van der Waals surface area contributed by atoms with Crippen LogP contribution in [-0.4, -0.2) is 73.4 Å². The van der Waals surface area contributed by atoms with E-state index >= 15 is 0 Å². The minimum absolute atomic E-state index is 0.0121. The zero-order valence-corrected chi connectivity index (χ0v) is 23.1. The van der Waals surface area contributed by atoms with Crippen LogP contribution in [0.4, 0.5) is 5.69 Å². The SMILES string of the molecule is CCOc1ccc(NC(=O)[C@H]2[C@@H]3SC4(CC3Br)C(C(=O)NC(C)(C)C)N([C@H](C)CO)C(=O)[C@H]24)cc1. The van der Waals surface area contributed by atoms with Gasteiger partial charge in [0.1, 0.15) is 11.8 Å². The molecule has 7 atom stereocenters. The van der Waals surface area contributed by atoms with Crippen LogP contribution in [0.25, 0.3) is 0 Å². The second-order valence-electron chi connectivity index (χ2n) is 10.6. The second-order valence-corrected chi connectivity index (χ2v) is 13.3. The van der Waals surface area contributed by atoms with Gasteiger partial charge in [0.05, 0.1) is 35.8 Å². The number of ether oxygens (including phenoxy) is 1. The van der Waals surface area contributed by atoms with Crippen molar-refractivity contribution < 1.29 is 24.2 Å². The highest BCUT2D eigenvalue weighted by Gasteiger charge is 2.76. The lowest BCUT2D eigenvalue weighted by Crippen LogP contribution is -2.59. The molecule has 2 bridgehead atoms. The number of alkyl halides is 1. The molecule has 3 saturated heterocycles. The number of hydrogen-bond donors (Lipinski definition) is 3. The zero-order chi connectivity index (χ0) is 25.7. The number of halogens is 1. The number of hydrogen-bond acceptors (Lipinski definition) is 6. The number of carbonyl (C=O) groups is 3. The Morgan fingerprint density at radius 1 is 1.29 bits per heavy atom. The van der Waals surface area contributed by atoms with Crippen molar-refractivity contribution in [3.05, 3.63) is 24.3 Å². The fourth-order valence-electron chi connectivity index (χ4n) is 5.69. The predicted octanol–water partition coefficient (Wildman–Crippen LogP) is 2.78. The van der Waals surface area contributed by atoms with E-state index in [-0.39, 0.29) is 34.4 Å². The van der Waals surface area contributed by atoms with Gasteiger partial charge in [-0.3, -0.25) is 14.4 Å². The van der Waals surface area contributed by atoms with Crippen molar-refractivity contribution in [3.63, 3.8) is 0 Å². The van der Waals surface area contributed by atoms with Crippen LogP contribution in [-0.2, 0) is 14.4 Å². The minimum atomic E-state index is -0.764. The van der Waals surface area contributed by atoms with Crippen LogP contribution in [0, 0.1) is 11.8 Å². The van der Waals surface area contributed by atoms with Crippen molar-refractivity contribution in [1.82, 2.24) is 10.2 Å². The fourth-order valence-corrected chi connectivity index (χ4v) is 9.29.